The van der Waals surface area contributed by atoms with Crippen molar-refractivity contribution in [1.29, 1.82) is 0 Å². The SMILES string of the molecule is CCCNCC(COC)N1CCN(C)C(C)C1. The van der Waals surface area contributed by atoms with Crippen molar-refractivity contribution in [3.05, 3.63) is 0 Å². The molecular formula is C13H29N3O. The predicted molar refractivity (Wildman–Crippen MR) is 72.5 cm³/mol. The monoisotopic (exact) mass is 243 g/mol. The fourth-order valence-corrected chi connectivity index (χ4v) is 2.34. The van der Waals surface area contributed by atoms with Gasteiger partial charge in [0.05, 0.1) is 6.61 Å². The molecule has 2 unspecified atom stereocenters. The highest BCUT2D eigenvalue weighted by molar-refractivity contribution is 4.83. The van der Waals surface area contributed by atoms with E-state index in [1.807, 2.05) is 0 Å². The van der Waals surface area contributed by atoms with E-state index >= 15 is 0 Å². The van der Waals surface area contributed by atoms with E-state index in [4.69, 9.17) is 4.74 Å². The summed E-state index contributed by atoms with van der Waals surface area (Å²) >= 11 is 0. The van der Waals surface area contributed by atoms with E-state index in [9.17, 15) is 0 Å². The van der Waals surface area contributed by atoms with Crippen LogP contribution < -0.4 is 5.32 Å². The molecule has 4 heteroatoms. The molecule has 1 heterocycles. The van der Waals surface area contributed by atoms with Crippen LogP contribution in [0, 0.1) is 0 Å². The molecule has 0 aliphatic carbocycles. The summed E-state index contributed by atoms with van der Waals surface area (Å²) in [6, 6.07) is 1.16. The van der Waals surface area contributed by atoms with Gasteiger partial charge in [0.2, 0.25) is 0 Å². The fourth-order valence-electron chi connectivity index (χ4n) is 2.34. The molecule has 1 rings (SSSR count). The Morgan fingerprint density at radius 3 is 2.76 bits per heavy atom. The van der Waals surface area contributed by atoms with Crippen molar-refractivity contribution >= 4 is 0 Å². The number of nitrogens with one attached hydrogen (secondary N) is 1. The first-order valence-corrected chi connectivity index (χ1v) is 6.83. The third-order valence-corrected chi connectivity index (χ3v) is 3.67. The van der Waals surface area contributed by atoms with Crippen LogP contribution in [0.4, 0.5) is 0 Å². The molecule has 1 aliphatic heterocycles. The number of ether oxygens (including phenoxy) is 1. The maximum Gasteiger partial charge on any atom is 0.0630 e. The Morgan fingerprint density at radius 1 is 1.41 bits per heavy atom. The van der Waals surface area contributed by atoms with Crippen LogP contribution in [0.2, 0.25) is 0 Å². The molecule has 0 radical (unpaired) electrons. The molecule has 4 nitrogen and oxygen atoms in total. The number of piperazine rings is 1. The van der Waals surface area contributed by atoms with Crippen LogP contribution in [0.15, 0.2) is 0 Å². The molecule has 0 amide bonds. The van der Waals surface area contributed by atoms with Gasteiger partial charge < -0.3 is 15.0 Å². The number of hydrogen-bond acceptors (Lipinski definition) is 4. The van der Waals surface area contributed by atoms with E-state index < -0.39 is 0 Å². The van der Waals surface area contributed by atoms with Gasteiger partial charge in [0.25, 0.3) is 0 Å². The van der Waals surface area contributed by atoms with Crippen molar-refractivity contribution < 1.29 is 4.74 Å². The first kappa shape index (κ1) is 14.9. The Bertz CT molecular complexity index is 201. The van der Waals surface area contributed by atoms with Crippen molar-refractivity contribution in [3.8, 4) is 0 Å². The van der Waals surface area contributed by atoms with Gasteiger partial charge in [0.1, 0.15) is 0 Å². The summed E-state index contributed by atoms with van der Waals surface area (Å²) in [7, 11) is 4.01. The topological polar surface area (TPSA) is 27.7 Å². The second-order valence-electron chi connectivity index (χ2n) is 5.14. The van der Waals surface area contributed by atoms with Crippen molar-refractivity contribution in [2.75, 3.05) is 53.5 Å². The zero-order valence-corrected chi connectivity index (χ0v) is 11.9. The van der Waals surface area contributed by atoms with Crippen molar-refractivity contribution in [3.63, 3.8) is 0 Å². The molecule has 1 fully saturated rings. The summed E-state index contributed by atoms with van der Waals surface area (Å²) in [4.78, 5) is 5.00. The van der Waals surface area contributed by atoms with Gasteiger partial charge in [-0.3, -0.25) is 4.90 Å². The van der Waals surface area contributed by atoms with Gasteiger partial charge in [-0.05, 0) is 26.9 Å². The van der Waals surface area contributed by atoms with Crippen LogP contribution in [-0.4, -0.2) is 75.4 Å². The van der Waals surface area contributed by atoms with Crippen molar-refractivity contribution in [1.82, 2.24) is 15.1 Å². The molecule has 2 atom stereocenters. The Balaban J connectivity index is 2.40. The normalized spacial score (nSPS) is 25.1. The molecule has 0 aromatic carbocycles. The van der Waals surface area contributed by atoms with E-state index in [1.165, 1.54) is 6.42 Å². The lowest BCUT2D eigenvalue weighted by Gasteiger charge is -2.41. The number of nitrogens with zero attached hydrogens (tertiary/aromatic N) is 2. The molecule has 1 aliphatic rings. The molecule has 17 heavy (non-hydrogen) atoms. The first-order chi connectivity index (χ1) is 8.19. The van der Waals surface area contributed by atoms with Gasteiger partial charge in [0.15, 0.2) is 0 Å². The minimum Gasteiger partial charge on any atom is -0.383 e. The maximum atomic E-state index is 5.35. The van der Waals surface area contributed by atoms with Crippen LogP contribution in [0.5, 0.6) is 0 Å². The predicted octanol–water partition coefficient (Wildman–Crippen LogP) is 0.637. The van der Waals surface area contributed by atoms with Gasteiger partial charge in [-0.1, -0.05) is 6.92 Å². The highest BCUT2D eigenvalue weighted by Crippen LogP contribution is 2.10. The third kappa shape index (κ3) is 4.92. The minimum atomic E-state index is 0.516. The fraction of sp³-hybridized carbons (Fsp3) is 1.00. The lowest BCUT2D eigenvalue weighted by atomic mass is 10.1. The van der Waals surface area contributed by atoms with E-state index in [0.29, 0.717) is 12.1 Å². The third-order valence-electron chi connectivity index (χ3n) is 3.67. The Morgan fingerprint density at radius 2 is 2.18 bits per heavy atom. The van der Waals surface area contributed by atoms with Crippen LogP contribution in [-0.2, 0) is 4.74 Å². The average Bonchev–Trinajstić information content (AvgIpc) is 2.32. The standard InChI is InChI=1S/C13H29N3O/c1-5-6-14-9-13(11-17-4)16-8-7-15(3)12(2)10-16/h12-14H,5-11H2,1-4H3. The lowest BCUT2D eigenvalue weighted by molar-refractivity contribution is 0.0345. The second-order valence-corrected chi connectivity index (χ2v) is 5.14. The lowest BCUT2D eigenvalue weighted by Crippen LogP contribution is -2.56. The highest BCUT2D eigenvalue weighted by atomic mass is 16.5. The quantitative estimate of drug-likeness (QED) is 0.664. The molecule has 1 saturated heterocycles. The molecular weight excluding hydrogens is 214 g/mol. The minimum absolute atomic E-state index is 0.516. The van der Waals surface area contributed by atoms with Gasteiger partial charge in [-0.25, -0.2) is 0 Å². The van der Waals surface area contributed by atoms with Crippen molar-refractivity contribution in [2.24, 2.45) is 0 Å². The largest absolute Gasteiger partial charge is 0.383 e. The van der Waals surface area contributed by atoms with E-state index in [-0.39, 0.29) is 0 Å². The van der Waals surface area contributed by atoms with Gasteiger partial charge in [-0.2, -0.15) is 0 Å². The second kappa shape index (κ2) is 8.03. The van der Waals surface area contributed by atoms with Crippen LogP contribution in [0.1, 0.15) is 20.3 Å². The summed E-state index contributed by atoms with van der Waals surface area (Å²) in [5, 5.41) is 3.51. The molecule has 0 bridgehead atoms. The number of rotatable bonds is 7. The molecule has 0 saturated carbocycles. The smallest absolute Gasteiger partial charge is 0.0630 e. The summed E-state index contributed by atoms with van der Waals surface area (Å²) < 4.78 is 5.35. The number of hydrogen-bond donors (Lipinski definition) is 1. The van der Waals surface area contributed by atoms with Crippen LogP contribution in [0.25, 0.3) is 0 Å². The van der Waals surface area contributed by atoms with Gasteiger partial charge >= 0.3 is 0 Å². The van der Waals surface area contributed by atoms with E-state index in [0.717, 1.165) is 39.3 Å². The molecule has 102 valence electrons. The molecule has 0 spiro atoms. The molecule has 1 N–H and O–H groups in total. The molecule has 0 aromatic heterocycles. The maximum absolute atomic E-state index is 5.35. The van der Waals surface area contributed by atoms with E-state index in [1.54, 1.807) is 7.11 Å². The number of methoxy groups -OCH3 is 1. The summed E-state index contributed by atoms with van der Waals surface area (Å²) in [5.74, 6) is 0. The summed E-state index contributed by atoms with van der Waals surface area (Å²) in [5.41, 5.74) is 0. The number of likely N-dealkylation sites (N-methyl/N-ethyl adjacent to an activating group) is 1. The van der Waals surface area contributed by atoms with Crippen LogP contribution >= 0.6 is 0 Å². The summed E-state index contributed by atoms with van der Waals surface area (Å²) in [6.45, 7) is 10.9. The molecule has 0 aromatic rings. The van der Waals surface area contributed by atoms with Crippen LogP contribution in [0.3, 0.4) is 0 Å². The Hall–Kier alpha value is -0.160. The highest BCUT2D eigenvalue weighted by Gasteiger charge is 2.26. The van der Waals surface area contributed by atoms with E-state index in [2.05, 4.69) is 36.0 Å². The Kier molecular flexibility index (Phi) is 7.04. The zero-order chi connectivity index (χ0) is 12.7. The van der Waals surface area contributed by atoms with Crippen molar-refractivity contribution in [2.45, 2.75) is 32.4 Å². The Labute approximate surface area is 106 Å². The van der Waals surface area contributed by atoms with Gasteiger partial charge in [-0.15, -0.1) is 0 Å². The summed E-state index contributed by atoms with van der Waals surface area (Å²) in [6.07, 6.45) is 1.19. The van der Waals surface area contributed by atoms with Gasteiger partial charge in [0, 0.05) is 45.4 Å². The first-order valence-electron chi connectivity index (χ1n) is 6.83. The zero-order valence-electron chi connectivity index (χ0n) is 11.9. The average molecular weight is 243 g/mol.